The molecule has 1 atom stereocenters. The van der Waals surface area contributed by atoms with Crippen LogP contribution < -0.4 is 11.1 Å². The average Bonchev–Trinajstić information content (AvgIpc) is 2.25. The zero-order valence-corrected chi connectivity index (χ0v) is 10.1. The molecule has 0 spiro atoms. The van der Waals surface area contributed by atoms with E-state index in [9.17, 15) is 4.79 Å². The van der Waals surface area contributed by atoms with Gasteiger partial charge < -0.3 is 11.1 Å². The molecule has 1 unspecified atom stereocenters. The van der Waals surface area contributed by atoms with E-state index in [0.717, 1.165) is 18.4 Å². The number of nitrogens with one attached hydrogen (secondary N) is 1. The second-order valence-corrected chi connectivity index (χ2v) is 4.18. The Kier molecular flexibility index (Phi) is 5.29. The van der Waals surface area contributed by atoms with E-state index < -0.39 is 0 Å². The number of amides is 1. The molecule has 0 fully saturated rings. The van der Waals surface area contributed by atoms with Crippen LogP contribution in [0.2, 0.25) is 5.02 Å². The molecule has 3 nitrogen and oxygen atoms in total. The Hall–Kier alpha value is -1.06. The molecule has 0 aliphatic carbocycles. The van der Waals surface area contributed by atoms with Gasteiger partial charge in [-0.15, -0.1) is 0 Å². The summed E-state index contributed by atoms with van der Waals surface area (Å²) in [5.74, 6) is -0.338. The first-order valence-corrected chi connectivity index (χ1v) is 5.78. The highest BCUT2D eigenvalue weighted by Gasteiger charge is 2.10. The molecular weight excluding hydrogens is 224 g/mol. The van der Waals surface area contributed by atoms with Crippen molar-refractivity contribution in [3.63, 3.8) is 0 Å². The third kappa shape index (κ3) is 4.21. The van der Waals surface area contributed by atoms with Crippen molar-refractivity contribution < 1.29 is 4.79 Å². The monoisotopic (exact) mass is 240 g/mol. The lowest BCUT2D eigenvalue weighted by Gasteiger charge is -2.17. The van der Waals surface area contributed by atoms with Crippen LogP contribution in [0, 0.1) is 0 Å². The van der Waals surface area contributed by atoms with Gasteiger partial charge in [0.1, 0.15) is 0 Å². The molecular formula is C12H17ClN2O. The van der Waals surface area contributed by atoms with E-state index in [2.05, 4.69) is 12.2 Å². The third-order valence-corrected chi connectivity index (χ3v) is 2.62. The molecule has 0 aliphatic rings. The van der Waals surface area contributed by atoms with Crippen LogP contribution >= 0.6 is 11.6 Å². The molecule has 0 aromatic heterocycles. The normalized spacial score (nSPS) is 12.4. The second-order valence-electron chi connectivity index (χ2n) is 3.74. The number of carbonyl (C=O) groups excluding carboxylic acids is 1. The molecule has 0 saturated carbocycles. The van der Waals surface area contributed by atoms with Crippen molar-refractivity contribution in [2.45, 2.75) is 25.8 Å². The molecule has 4 heteroatoms. The van der Waals surface area contributed by atoms with Crippen molar-refractivity contribution in [3.05, 3.63) is 34.9 Å². The van der Waals surface area contributed by atoms with E-state index in [1.54, 1.807) is 0 Å². The van der Waals surface area contributed by atoms with Gasteiger partial charge in [-0.25, -0.2) is 0 Å². The van der Waals surface area contributed by atoms with Gasteiger partial charge in [0, 0.05) is 11.1 Å². The number of hydrogen-bond acceptors (Lipinski definition) is 2. The lowest BCUT2D eigenvalue weighted by atomic mass is 10.0. The number of carbonyl (C=O) groups is 1. The zero-order chi connectivity index (χ0) is 12.0. The fourth-order valence-electron chi connectivity index (χ4n) is 1.59. The van der Waals surface area contributed by atoms with Gasteiger partial charge in [0.25, 0.3) is 0 Å². The molecule has 0 radical (unpaired) electrons. The minimum absolute atomic E-state index is 0.162. The molecule has 1 rings (SSSR count). The maximum Gasteiger partial charge on any atom is 0.231 e. The van der Waals surface area contributed by atoms with Crippen LogP contribution in [0.3, 0.4) is 0 Å². The van der Waals surface area contributed by atoms with Crippen molar-refractivity contribution >= 4 is 17.5 Å². The number of halogens is 1. The second kappa shape index (κ2) is 6.51. The highest BCUT2D eigenvalue weighted by Crippen LogP contribution is 2.20. The molecule has 1 aromatic rings. The lowest BCUT2D eigenvalue weighted by Crippen LogP contribution is -2.31. The quantitative estimate of drug-likeness (QED) is 0.802. The standard InChI is InChI=1S/C12H17ClN2O/c1-2-3-11(15-8-12(14)16)9-4-6-10(13)7-5-9/h4-7,11,15H,2-3,8H2,1H3,(H2,14,16). The van der Waals surface area contributed by atoms with Gasteiger partial charge in [0.05, 0.1) is 6.54 Å². The van der Waals surface area contributed by atoms with Gasteiger partial charge in [-0.2, -0.15) is 0 Å². The first-order chi connectivity index (χ1) is 7.63. The summed E-state index contributed by atoms with van der Waals surface area (Å²) in [6.45, 7) is 2.31. The van der Waals surface area contributed by atoms with Crippen LogP contribution in [0.4, 0.5) is 0 Å². The number of hydrogen-bond donors (Lipinski definition) is 2. The molecule has 0 saturated heterocycles. The Morgan fingerprint density at radius 1 is 1.44 bits per heavy atom. The summed E-state index contributed by atoms with van der Waals surface area (Å²) < 4.78 is 0. The molecule has 1 amide bonds. The van der Waals surface area contributed by atoms with E-state index in [4.69, 9.17) is 17.3 Å². The summed E-state index contributed by atoms with van der Waals surface area (Å²) in [7, 11) is 0. The first-order valence-electron chi connectivity index (χ1n) is 5.40. The van der Waals surface area contributed by atoms with Gasteiger partial charge in [-0.1, -0.05) is 37.1 Å². The number of rotatable bonds is 6. The topological polar surface area (TPSA) is 55.1 Å². The van der Waals surface area contributed by atoms with Gasteiger partial charge in [-0.05, 0) is 24.1 Å². The molecule has 88 valence electrons. The van der Waals surface area contributed by atoms with Gasteiger partial charge >= 0.3 is 0 Å². The van der Waals surface area contributed by atoms with E-state index >= 15 is 0 Å². The fourth-order valence-corrected chi connectivity index (χ4v) is 1.72. The molecule has 0 aliphatic heterocycles. The van der Waals surface area contributed by atoms with Crippen LogP contribution in [-0.4, -0.2) is 12.5 Å². The van der Waals surface area contributed by atoms with Crippen molar-refractivity contribution in [2.24, 2.45) is 5.73 Å². The van der Waals surface area contributed by atoms with Crippen LogP contribution in [0.15, 0.2) is 24.3 Å². The smallest absolute Gasteiger partial charge is 0.231 e. The van der Waals surface area contributed by atoms with Gasteiger partial charge in [-0.3, -0.25) is 4.79 Å². The van der Waals surface area contributed by atoms with Crippen molar-refractivity contribution in [1.82, 2.24) is 5.32 Å². The Morgan fingerprint density at radius 2 is 2.06 bits per heavy atom. The zero-order valence-electron chi connectivity index (χ0n) is 9.37. The Labute approximate surface area is 101 Å². The Bertz CT molecular complexity index is 337. The SMILES string of the molecule is CCCC(NCC(N)=O)c1ccc(Cl)cc1. The summed E-state index contributed by atoms with van der Waals surface area (Å²) in [6, 6.07) is 7.80. The van der Waals surface area contributed by atoms with Gasteiger partial charge in [0.2, 0.25) is 5.91 Å². The minimum Gasteiger partial charge on any atom is -0.369 e. The molecule has 16 heavy (non-hydrogen) atoms. The Morgan fingerprint density at radius 3 is 2.56 bits per heavy atom. The van der Waals surface area contributed by atoms with E-state index in [0.29, 0.717) is 5.02 Å². The molecule has 1 aromatic carbocycles. The maximum absolute atomic E-state index is 10.7. The van der Waals surface area contributed by atoms with E-state index in [-0.39, 0.29) is 18.5 Å². The van der Waals surface area contributed by atoms with Crippen molar-refractivity contribution in [3.8, 4) is 0 Å². The molecule has 0 bridgehead atoms. The maximum atomic E-state index is 10.7. The van der Waals surface area contributed by atoms with Crippen LogP contribution in [0.1, 0.15) is 31.4 Å². The fraction of sp³-hybridized carbons (Fsp3) is 0.417. The minimum atomic E-state index is -0.338. The summed E-state index contributed by atoms with van der Waals surface area (Å²) in [5, 5.41) is 3.85. The van der Waals surface area contributed by atoms with E-state index in [1.165, 1.54) is 0 Å². The van der Waals surface area contributed by atoms with Crippen molar-refractivity contribution in [2.75, 3.05) is 6.54 Å². The highest BCUT2D eigenvalue weighted by molar-refractivity contribution is 6.30. The predicted octanol–water partition coefficient (Wildman–Crippen LogP) is 2.26. The summed E-state index contributed by atoms with van der Waals surface area (Å²) >= 11 is 5.83. The average molecular weight is 241 g/mol. The number of benzene rings is 1. The van der Waals surface area contributed by atoms with Crippen LogP contribution in [0.5, 0.6) is 0 Å². The molecule has 3 N–H and O–H groups in total. The highest BCUT2D eigenvalue weighted by atomic mass is 35.5. The summed E-state index contributed by atoms with van der Waals surface area (Å²) in [5.41, 5.74) is 6.25. The number of primary amides is 1. The van der Waals surface area contributed by atoms with Crippen LogP contribution in [0.25, 0.3) is 0 Å². The Balaban J connectivity index is 2.68. The van der Waals surface area contributed by atoms with Crippen LogP contribution in [-0.2, 0) is 4.79 Å². The van der Waals surface area contributed by atoms with Crippen molar-refractivity contribution in [1.29, 1.82) is 0 Å². The number of nitrogens with two attached hydrogens (primary N) is 1. The third-order valence-electron chi connectivity index (χ3n) is 2.37. The largest absolute Gasteiger partial charge is 0.369 e. The van der Waals surface area contributed by atoms with E-state index in [1.807, 2.05) is 24.3 Å². The summed E-state index contributed by atoms with van der Waals surface area (Å²) in [6.07, 6.45) is 2.01. The summed E-state index contributed by atoms with van der Waals surface area (Å²) in [4.78, 5) is 10.7. The predicted molar refractivity (Wildman–Crippen MR) is 66.3 cm³/mol. The lowest BCUT2D eigenvalue weighted by molar-refractivity contribution is -0.117. The molecule has 0 heterocycles. The van der Waals surface area contributed by atoms with Gasteiger partial charge in [0.15, 0.2) is 0 Å². The first kappa shape index (κ1) is 13.0.